The van der Waals surface area contributed by atoms with Gasteiger partial charge in [0.1, 0.15) is 5.78 Å². The van der Waals surface area contributed by atoms with Crippen molar-refractivity contribution in [1.82, 2.24) is 4.90 Å². The van der Waals surface area contributed by atoms with Gasteiger partial charge in [-0.25, -0.2) is 0 Å². The summed E-state index contributed by atoms with van der Waals surface area (Å²) in [5.41, 5.74) is 0. The number of carbonyl (C=O) groups is 2. The molecule has 1 amide bonds. The van der Waals surface area contributed by atoms with Crippen LogP contribution < -0.4 is 0 Å². The summed E-state index contributed by atoms with van der Waals surface area (Å²) < 4.78 is 5.11. The molecule has 0 saturated carbocycles. The molecule has 0 aromatic heterocycles. The number of ether oxygens (including phenoxy) is 1. The Morgan fingerprint density at radius 3 is 2.31 bits per heavy atom. The van der Waals surface area contributed by atoms with Crippen molar-refractivity contribution in [3.05, 3.63) is 0 Å². The SMILES string of the molecule is CC(=O)C(C)C(=O)N1CCOCC1. The van der Waals surface area contributed by atoms with E-state index in [2.05, 4.69) is 0 Å². The highest BCUT2D eigenvalue weighted by molar-refractivity contribution is 5.99. The van der Waals surface area contributed by atoms with Crippen molar-refractivity contribution in [3.63, 3.8) is 0 Å². The van der Waals surface area contributed by atoms with Gasteiger partial charge in [-0.3, -0.25) is 9.59 Å². The smallest absolute Gasteiger partial charge is 0.233 e. The van der Waals surface area contributed by atoms with Crippen molar-refractivity contribution >= 4 is 11.7 Å². The Labute approximate surface area is 77.8 Å². The molecule has 1 unspecified atom stereocenters. The Morgan fingerprint density at radius 2 is 1.85 bits per heavy atom. The number of ketones is 1. The predicted octanol–water partition coefficient (Wildman–Crippen LogP) is 0.0703. The minimum absolute atomic E-state index is 0.0727. The van der Waals surface area contributed by atoms with E-state index in [1.165, 1.54) is 6.92 Å². The van der Waals surface area contributed by atoms with Crippen LogP contribution in [0.15, 0.2) is 0 Å². The second-order valence-electron chi connectivity index (χ2n) is 3.27. The number of morpholine rings is 1. The van der Waals surface area contributed by atoms with Crippen LogP contribution in [0, 0.1) is 5.92 Å². The van der Waals surface area contributed by atoms with Gasteiger partial charge >= 0.3 is 0 Å². The van der Waals surface area contributed by atoms with Crippen LogP contribution in [-0.2, 0) is 14.3 Å². The molecule has 1 fully saturated rings. The van der Waals surface area contributed by atoms with E-state index in [0.29, 0.717) is 26.3 Å². The Morgan fingerprint density at radius 1 is 1.31 bits per heavy atom. The van der Waals surface area contributed by atoms with Gasteiger partial charge in [0.05, 0.1) is 19.1 Å². The van der Waals surface area contributed by atoms with Crippen LogP contribution in [-0.4, -0.2) is 42.9 Å². The molecule has 0 aromatic carbocycles. The molecule has 0 radical (unpaired) electrons. The second-order valence-corrected chi connectivity index (χ2v) is 3.27. The Kier molecular flexibility index (Phi) is 3.42. The van der Waals surface area contributed by atoms with Crippen molar-refractivity contribution in [2.24, 2.45) is 5.92 Å². The third-order valence-electron chi connectivity index (χ3n) is 2.30. The minimum Gasteiger partial charge on any atom is -0.378 e. The molecule has 0 N–H and O–H groups in total. The quantitative estimate of drug-likeness (QED) is 0.572. The van der Waals surface area contributed by atoms with Crippen molar-refractivity contribution in [1.29, 1.82) is 0 Å². The lowest BCUT2D eigenvalue weighted by Crippen LogP contribution is -2.44. The fraction of sp³-hybridized carbons (Fsp3) is 0.778. The van der Waals surface area contributed by atoms with Gasteiger partial charge in [-0.2, -0.15) is 0 Å². The lowest BCUT2D eigenvalue weighted by molar-refractivity contribution is -0.143. The maximum absolute atomic E-state index is 11.6. The molecule has 1 rings (SSSR count). The van der Waals surface area contributed by atoms with Crippen molar-refractivity contribution < 1.29 is 14.3 Å². The van der Waals surface area contributed by atoms with Gasteiger partial charge in [0.15, 0.2) is 0 Å². The first kappa shape index (κ1) is 10.2. The molecule has 1 saturated heterocycles. The number of rotatable bonds is 2. The summed E-state index contributed by atoms with van der Waals surface area (Å²) in [5, 5.41) is 0. The fourth-order valence-corrected chi connectivity index (χ4v) is 1.23. The number of Topliss-reactive ketones (excluding diaryl/α,β-unsaturated/α-hetero) is 1. The Balaban J connectivity index is 2.50. The lowest BCUT2D eigenvalue weighted by Gasteiger charge is -2.28. The molecule has 1 aliphatic rings. The van der Waals surface area contributed by atoms with E-state index >= 15 is 0 Å². The highest BCUT2D eigenvalue weighted by Crippen LogP contribution is 2.06. The van der Waals surface area contributed by atoms with Gasteiger partial charge < -0.3 is 9.64 Å². The van der Waals surface area contributed by atoms with E-state index in [9.17, 15) is 9.59 Å². The number of hydrogen-bond donors (Lipinski definition) is 0. The molecule has 0 aromatic rings. The summed E-state index contributed by atoms with van der Waals surface area (Å²) >= 11 is 0. The summed E-state index contributed by atoms with van der Waals surface area (Å²) in [5.74, 6) is -0.648. The maximum Gasteiger partial charge on any atom is 0.233 e. The molecule has 74 valence electrons. The summed E-state index contributed by atoms with van der Waals surface area (Å²) in [6, 6.07) is 0. The average Bonchev–Trinajstić information content (AvgIpc) is 2.17. The molecule has 4 nitrogen and oxygen atoms in total. The van der Waals surface area contributed by atoms with Gasteiger partial charge in [0.2, 0.25) is 5.91 Å². The molecule has 1 heterocycles. The zero-order valence-electron chi connectivity index (χ0n) is 8.08. The van der Waals surface area contributed by atoms with Gasteiger partial charge in [-0.1, -0.05) is 0 Å². The van der Waals surface area contributed by atoms with Crippen molar-refractivity contribution in [3.8, 4) is 0 Å². The molecule has 0 bridgehead atoms. The average molecular weight is 185 g/mol. The Hall–Kier alpha value is -0.900. The Bertz CT molecular complexity index is 209. The van der Waals surface area contributed by atoms with E-state index in [-0.39, 0.29) is 11.7 Å². The molecule has 13 heavy (non-hydrogen) atoms. The van der Waals surface area contributed by atoms with E-state index < -0.39 is 5.92 Å². The first-order chi connectivity index (χ1) is 6.13. The second kappa shape index (κ2) is 4.37. The van der Waals surface area contributed by atoms with Crippen LogP contribution in [0.4, 0.5) is 0 Å². The molecular formula is C9H15NO3. The van der Waals surface area contributed by atoms with Crippen molar-refractivity contribution in [2.75, 3.05) is 26.3 Å². The molecule has 1 aliphatic heterocycles. The van der Waals surface area contributed by atoms with E-state index in [0.717, 1.165) is 0 Å². The third kappa shape index (κ3) is 2.52. The molecule has 4 heteroatoms. The largest absolute Gasteiger partial charge is 0.378 e. The maximum atomic E-state index is 11.6. The first-order valence-electron chi connectivity index (χ1n) is 4.50. The zero-order valence-corrected chi connectivity index (χ0v) is 8.08. The highest BCUT2D eigenvalue weighted by atomic mass is 16.5. The van der Waals surface area contributed by atoms with Crippen LogP contribution >= 0.6 is 0 Å². The van der Waals surface area contributed by atoms with Crippen LogP contribution in [0.1, 0.15) is 13.8 Å². The lowest BCUT2D eigenvalue weighted by atomic mass is 10.1. The van der Waals surface area contributed by atoms with E-state index in [1.807, 2.05) is 0 Å². The molecule has 0 spiro atoms. The first-order valence-corrected chi connectivity index (χ1v) is 4.50. The normalized spacial score (nSPS) is 19.7. The highest BCUT2D eigenvalue weighted by Gasteiger charge is 2.24. The monoisotopic (exact) mass is 185 g/mol. The number of carbonyl (C=O) groups excluding carboxylic acids is 2. The summed E-state index contributed by atoms with van der Waals surface area (Å²) in [4.78, 5) is 24.2. The third-order valence-corrected chi connectivity index (χ3v) is 2.30. The van der Waals surface area contributed by atoms with Crippen LogP contribution in [0.5, 0.6) is 0 Å². The summed E-state index contributed by atoms with van der Waals surface area (Å²) in [7, 11) is 0. The van der Waals surface area contributed by atoms with Gasteiger partial charge in [-0.05, 0) is 13.8 Å². The van der Waals surface area contributed by atoms with Gasteiger partial charge in [0, 0.05) is 13.1 Å². The van der Waals surface area contributed by atoms with E-state index in [1.54, 1.807) is 11.8 Å². The number of hydrogen-bond acceptors (Lipinski definition) is 3. The van der Waals surface area contributed by atoms with Crippen LogP contribution in [0.25, 0.3) is 0 Å². The van der Waals surface area contributed by atoms with E-state index in [4.69, 9.17) is 4.74 Å². The van der Waals surface area contributed by atoms with Crippen molar-refractivity contribution in [2.45, 2.75) is 13.8 Å². The summed E-state index contributed by atoms with van der Waals surface area (Å²) in [6.07, 6.45) is 0. The molecule has 1 atom stereocenters. The fourth-order valence-electron chi connectivity index (χ4n) is 1.23. The zero-order chi connectivity index (χ0) is 9.84. The standard InChI is InChI=1S/C9H15NO3/c1-7(8(2)11)9(12)10-3-5-13-6-4-10/h7H,3-6H2,1-2H3. The minimum atomic E-state index is -0.502. The molecular weight excluding hydrogens is 170 g/mol. The predicted molar refractivity (Wildman–Crippen MR) is 47.2 cm³/mol. The summed E-state index contributed by atoms with van der Waals surface area (Å²) in [6.45, 7) is 5.47. The van der Waals surface area contributed by atoms with Gasteiger partial charge in [-0.15, -0.1) is 0 Å². The number of nitrogens with zero attached hydrogens (tertiary/aromatic N) is 1. The topological polar surface area (TPSA) is 46.6 Å². The van der Waals surface area contributed by atoms with Crippen LogP contribution in [0.2, 0.25) is 0 Å². The number of amides is 1. The molecule has 0 aliphatic carbocycles. The van der Waals surface area contributed by atoms with Crippen LogP contribution in [0.3, 0.4) is 0 Å². The van der Waals surface area contributed by atoms with Gasteiger partial charge in [0.25, 0.3) is 0 Å².